The van der Waals surface area contributed by atoms with E-state index in [4.69, 9.17) is 0 Å². The van der Waals surface area contributed by atoms with Gasteiger partial charge in [-0.25, -0.2) is 0 Å². The summed E-state index contributed by atoms with van der Waals surface area (Å²) >= 11 is 0. The molecule has 0 aliphatic heterocycles. The van der Waals surface area contributed by atoms with Gasteiger partial charge in [0.25, 0.3) is 0 Å². The molecule has 0 aromatic heterocycles. The van der Waals surface area contributed by atoms with E-state index in [1.165, 1.54) is 24.0 Å². The summed E-state index contributed by atoms with van der Waals surface area (Å²) < 4.78 is 0. The Morgan fingerprint density at radius 1 is 0.553 bits per heavy atom. The van der Waals surface area contributed by atoms with Crippen molar-refractivity contribution in [3.05, 3.63) is 57.6 Å². The second-order valence-corrected chi connectivity index (χ2v) is 15.8. The first-order valence-electron chi connectivity index (χ1n) is 14.7. The van der Waals surface area contributed by atoms with E-state index in [9.17, 15) is 10.2 Å². The van der Waals surface area contributed by atoms with Crippen LogP contribution in [0.4, 0.5) is 0 Å². The third-order valence-electron chi connectivity index (χ3n) is 7.03. The lowest BCUT2D eigenvalue weighted by molar-refractivity contribution is 0.421. The van der Waals surface area contributed by atoms with Crippen LogP contribution in [0.25, 0.3) is 0 Å². The lowest BCUT2D eigenvalue weighted by Crippen LogP contribution is -2.18. The fourth-order valence-electron chi connectivity index (χ4n) is 4.79. The minimum atomic E-state index is -0.0307. The molecule has 2 aromatic rings. The highest BCUT2D eigenvalue weighted by atomic mass is 16.3. The maximum atomic E-state index is 10.6. The van der Waals surface area contributed by atoms with Crippen LogP contribution in [0.2, 0.25) is 0 Å². The van der Waals surface area contributed by atoms with Crippen LogP contribution in [0.5, 0.6) is 11.5 Å². The Morgan fingerprint density at radius 3 is 1.08 bits per heavy atom. The highest BCUT2D eigenvalue weighted by molar-refractivity contribution is 5.51. The molecule has 2 heteroatoms. The third-order valence-corrected chi connectivity index (χ3v) is 7.03. The van der Waals surface area contributed by atoms with Gasteiger partial charge in [0.15, 0.2) is 0 Å². The maximum Gasteiger partial charge on any atom is 0.123 e. The molecule has 0 heterocycles. The molecule has 0 fully saturated rings. The minimum absolute atomic E-state index is 0.0215. The third kappa shape index (κ3) is 9.65. The highest BCUT2D eigenvalue weighted by Gasteiger charge is 2.27. The van der Waals surface area contributed by atoms with E-state index in [0.29, 0.717) is 17.4 Å². The van der Waals surface area contributed by atoms with Gasteiger partial charge in [0.05, 0.1) is 0 Å². The molecule has 0 aliphatic rings. The molecule has 0 amide bonds. The average molecular weight is 525 g/mol. The smallest absolute Gasteiger partial charge is 0.123 e. The molecule has 0 unspecified atom stereocenters. The molecule has 2 rings (SSSR count). The Balaban J connectivity index is 0.000000380. The fourth-order valence-corrected chi connectivity index (χ4v) is 4.79. The molecule has 2 N–H and O–H groups in total. The summed E-state index contributed by atoms with van der Waals surface area (Å²) in [6, 6.07) is 8.76. The van der Waals surface area contributed by atoms with E-state index in [-0.39, 0.29) is 21.7 Å². The molecule has 38 heavy (non-hydrogen) atoms. The molecule has 216 valence electrons. The van der Waals surface area contributed by atoms with Crippen molar-refractivity contribution in [1.82, 2.24) is 0 Å². The van der Waals surface area contributed by atoms with E-state index in [1.807, 2.05) is 0 Å². The van der Waals surface area contributed by atoms with Gasteiger partial charge in [-0.3, -0.25) is 0 Å². The van der Waals surface area contributed by atoms with Crippen LogP contribution in [0, 0.1) is 5.92 Å². The molecular weight excluding hydrogens is 464 g/mol. The molecule has 0 saturated carbocycles. The van der Waals surface area contributed by atoms with Crippen molar-refractivity contribution in [1.29, 1.82) is 0 Å². The molecule has 0 bridgehead atoms. The van der Waals surface area contributed by atoms with Crippen LogP contribution in [-0.4, -0.2) is 10.2 Å². The Labute approximate surface area is 236 Å². The molecule has 0 atom stereocenters. The van der Waals surface area contributed by atoms with Gasteiger partial charge < -0.3 is 10.2 Å². The summed E-state index contributed by atoms with van der Waals surface area (Å²) in [6.45, 7) is 32.6. The number of hydrogen-bond acceptors (Lipinski definition) is 2. The van der Waals surface area contributed by atoms with Gasteiger partial charge in [-0.15, -0.1) is 0 Å². The zero-order chi connectivity index (χ0) is 29.9. The number of unbranched alkanes of at least 4 members (excludes halogenated alkanes) is 1. The van der Waals surface area contributed by atoms with Crippen LogP contribution in [0.15, 0.2) is 24.3 Å². The van der Waals surface area contributed by atoms with Gasteiger partial charge in [-0.1, -0.05) is 135 Å². The first-order chi connectivity index (χ1) is 17.0. The zero-order valence-electron chi connectivity index (χ0n) is 27.6. The summed E-state index contributed by atoms with van der Waals surface area (Å²) in [6.07, 6.45) is 4.57. The molecule has 0 saturated heterocycles. The van der Waals surface area contributed by atoms with E-state index in [0.717, 1.165) is 35.1 Å². The number of aryl methyl sites for hydroxylation is 1. The van der Waals surface area contributed by atoms with Gasteiger partial charge in [0.2, 0.25) is 0 Å². The van der Waals surface area contributed by atoms with E-state index >= 15 is 0 Å². The molecule has 0 aliphatic carbocycles. The van der Waals surface area contributed by atoms with Crippen LogP contribution in [0.3, 0.4) is 0 Å². The maximum absolute atomic E-state index is 10.6. The number of phenols is 2. The summed E-state index contributed by atoms with van der Waals surface area (Å²) in [4.78, 5) is 0. The second kappa shape index (κ2) is 12.5. The zero-order valence-corrected chi connectivity index (χ0v) is 27.6. The Hall–Kier alpha value is -1.96. The average Bonchev–Trinajstić information content (AvgIpc) is 2.71. The Morgan fingerprint density at radius 2 is 0.842 bits per heavy atom. The molecule has 0 radical (unpaired) electrons. The molecule has 0 spiro atoms. The summed E-state index contributed by atoms with van der Waals surface area (Å²) in [5.74, 6) is 1.60. The number of rotatable bonds is 5. The number of hydrogen-bond donors (Lipinski definition) is 2. The van der Waals surface area contributed by atoms with Gasteiger partial charge in [0, 0.05) is 0 Å². The van der Waals surface area contributed by atoms with Crippen LogP contribution in [0.1, 0.15) is 150 Å². The van der Waals surface area contributed by atoms with E-state index in [2.05, 4.69) is 128 Å². The fraction of sp³-hybridized carbons (Fsp3) is 0.667. The van der Waals surface area contributed by atoms with E-state index < -0.39 is 0 Å². The predicted molar refractivity (Wildman–Crippen MR) is 168 cm³/mol. The Kier molecular flexibility index (Phi) is 11.2. The first kappa shape index (κ1) is 34.1. The Bertz CT molecular complexity index is 975. The quantitative estimate of drug-likeness (QED) is 0.408. The molecule has 2 nitrogen and oxygen atoms in total. The van der Waals surface area contributed by atoms with E-state index in [1.54, 1.807) is 0 Å². The van der Waals surface area contributed by atoms with Gasteiger partial charge >= 0.3 is 0 Å². The van der Waals surface area contributed by atoms with Crippen molar-refractivity contribution < 1.29 is 10.2 Å². The topological polar surface area (TPSA) is 40.5 Å². The van der Waals surface area contributed by atoms with Crippen molar-refractivity contribution in [2.45, 2.75) is 151 Å². The predicted octanol–water partition coefficient (Wildman–Crippen LogP) is 10.5. The van der Waals surface area contributed by atoms with Gasteiger partial charge in [-0.2, -0.15) is 0 Å². The highest BCUT2D eigenvalue weighted by Crippen LogP contribution is 2.41. The number of benzene rings is 2. The summed E-state index contributed by atoms with van der Waals surface area (Å²) in [7, 11) is 0. The number of aromatic hydroxyl groups is 2. The normalized spacial score (nSPS) is 12.9. The number of phenolic OH excluding ortho intramolecular Hbond substituents is 2. The van der Waals surface area contributed by atoms with Gasteiger partial charge in [-0.05, 0) is 80.2 Å². The van der Waals surface area contributed by atoms with Crippen molar-refractivity contribution >= 4 is 0 Å². The molecular formula is C36H60O2. The largest absolute Gasteiger partial charge is 0.507 e. The lowest BCUT2D eigenvalue weighted by Gasteiger charge is -2.28. The van der Waals surface area contributed by atoms with Crippen molar-refractivity contribution in [2.24, 2.45) is 5.92 Å². The summed E-state index contributed by atoms with van der Waals surface area (Å²) in [5.41, 5.74) is 6.87. The van der Waals surface area contributed by atoms with Crippen molar-refractivity contribution in [2.75, 3.05) is 0 Å². The second-order valence-electron chi connectivity index (χ2n) is 15.8. The van der Waals surface area contributed by atoms with Crippen molar-refractivity contribution in [3.63, 3.8) is 0 Å². The SMILES string of the molecule is CC(C)Cc1cc(C(C)(C)C)c(O)c(C(C)(C)C)c1.CCCCc1cc(C(C)(C)C)c(O)c(C(C)(C)C)c1. The van der Waals surface area contributed by atoms with Gasteiger partial charge in [0.1, 0.15) is 11.5 Å². The standard InChI is InChI=1S/2C18H30O/c1-12(2)9-13-10-14(17(3,4)5)16(19)15(11-13)18(6,7)8;1-8-9-10-13-11-14(17(2,3)4)16(19)15(12-13)18(5,6)7/h10-12,19H,9H2,1-8H3;11-12,19H,8-10H2,1-7H3. The van der Waals surface area contributed by atoms with Crippen LogP contribution in [-0.2, 0) is 34.5 Å². The molecule has 2 aromatic carbocycles. The van der Waals surface area contributed by atoms with Crippen LogP contribution < -0.4 is 0 Å². The summed E-state index contributed by atoms with van der Waals surface area (Å²) in [5, 5.41) is 21.2. The monoisotopic (exact) mass is 524 g/mol. The first-order valence-corrected chi connectivity index (χ1v) is 14.7. The minimum Gasteiger partial charge on any atom is -0.507 e. The van der Waals surface area contributed by atoms with Crippen LogP contribution >= 0.6 is 0 Å². The van der Waals surface area contributed by atoms with Crippen molar-refractivity contribution in [3.8, 4) is 11.5 Å². The lowest BCUT2D eigenvalue weighted by atomic mass is 9.77.